The molecule has 0 amide bonds. The predicted octanol–water partition coefficient (Wildman–Crippen LogP) is 0.424. The second-order valence-corrected chi connectivity index (χ2v) is 2.85. The van der Waals surface area contributed by atoms with E-state index in [2.05, 4.69) is 0 Å². The highest BCUT2D eigenvalue weighted by molar-refractivity contribution is 4.73. The molecule has 1 N–H and O–H groups in total. The Bertz CT molecular complexity index is 137. The van der Waals surface area contributed by atoms with Crippen molar-refractivity contribution in [2.24, 2.45) is 5.92 Å². The minimum Gasteiger partial charge on any atom is -0.393 e. The monoisotopic (exact) mass is 145 g/mol. The topological polar surface area (TPSA) is 63.4 Å². The van der Waals surface area contributed by atoms with Gasteiger partial charge in [0.05, 0.1) is 6.10 Å². The van der Waals surface area contributed by atoms with Crippen LogP contribution in [0.4, 0.5) is 0 Å². The molecule has 0 aromatic heterocycles. The van der Waals surface area contributed by atoms with Crippen LogP contribution in [0, 0.1) is 16.0 Å². The molecule has 0 spiro atoms. The minimum atomic E-state index is -0.303. The van der Waals surface area contributed by atoms with Crippen molar-refractivity contribution in [1.29, 1.82) is 0 Å². The summed E-state index contributed by atoms with van der Waals surface area (Å²) in [5, 5.41) is 19.0. The zero-order valence-corrected chi connectivity index (χ0v) is 5.69. The smallest absolute Gasteiger partial charge is 0.206 e. The van der Waals surface area contributed by atoms with Gasteiger partial charge >= 0.3 is 0 Å². The Labute approximate surface area is 59.0 Å². The molecule has 1 saturated carbocycles. The lowest BCUT2D eigenvalue weighted by molar-refractivity contribution is -0.488. The minimum absolute atomic E-state index is 0.0249. The lowest BCUT2D eigenvalue weighted by Gasteiger charge is -2.00. The summed E-state index contributed by atoms with van der Waals surface area (Å²) in [5.74, 6) is 0.116. The summed E-state index contributed by atoms with van der Waals surface area (Å²) in [6, 6.07) is 0. The summed E-state index contributed by atoms with van der Waals surface area (Å²) in [6.45, 7) is 0.0249. The molecule has 2 atom stereocenters. The number of nitro groups is 1. The first-order chi connectivity index (χ1) is 4.68. The fourth-order valence-corrected chi connectivity index (χ4v) is 1.43. The van der Waals surface area contributed by atoms with Crippen LogP contribution in [0.3, 0.4) is 0 Å². The SMILES string of the molecule is O=[N+]([O-])CC1CCC(O)C1. The first-order valence-electron chi connectivity index (χ1n) is 3.48. The van der Waals surface area contributed by atoms with Crippen LogP contribution in [0.5, 0.6) is 0 Å². The van der Waals surface area contributed by atoms with Gasteiger partial charge in [-0.25, -0.2) is 0 Å². The lowest BCUT2D eigenvalue weighted by atomic mass is 10.1. The van der Waals surface area contributed by atoms with Gasteiger partial charge in [0, 0.05) is 10.8 Å². The van der Waals surface area contributed by atoms with Crippen LogP contribution in [-0.2, 0) is 0 Å². The van der Waals surface area contributed by atoms with Crippen LogP contribution in [-0.4, -0.2) is 22.7 Å². The van der Waals surface area contributed by atoms with Crippen molar-refractivity contribution >= 4 is 0 Å². The van der Waals surface area contributed by atoms with Crippen molar-refractivity contribution in [3.05, 3.63) is 10.1 Å². The van der Waals surface area contributed by atoms with E-state index in [1.165, 1.54) is 0 Å². The van der Waals surface area contributed by atoms with Gasteiger partial charge in [0.25, 0.3) is 0 Å². The summed E-state index contributed by atoms with van der Waals surface area (Å²) >= 11 is 0. The summed E-state index contributed by atoms with van der Waals surface area (Å²) < 4.78 is 0. The number of nitrogens with zero attached hydrogens (tertiary/aromatic N) is 1. The Morgan fingerprint density at radius 2 is 2.30 bits per heavy atom. The van der Waals surface area contributed by atoms with Gasteiger partial charge in [-0.2, -0.15) is 0 Å². The third-order valence-corrected chi connectivity index (χ3v) is 1.92. The summed E-state index contributed by atoms with van der Waals surface area (Å²) in [5.41, 5.74) is 0. The Kier molecular flexibility index (Phi) is 2.21. The largest absolute Gasteiger partial charge is 0.393 e. The maximum atomic E-state index is 9.99. The number of rotatable bonds is 2. The van der Waals surface area contributed by atoms with Crippen molar-refractivity contribution < 1.29 is 10.0 Å². The predicted molar refractivity (Wildman–Crippen MR) is 35.2 cm³/mol. The van der Waals surface area contributed by atoms with Gasteiger partial charge in [0.1, 0.15) is 0 Å². The van der Waals surface area contributed by atoms with Crippen molar-refractivity contribution in [3.8, 4) is 0 Å². The van der Waals surface area contributed by atoms with Crippen molar-refractivity contribution in [1.82, 2.24) is 0 Å². The van der Waals surface area contributed by atoms with E-state index in [-0.39, 0.29) is 23.5 Å². The van der Waals surface area contributed by atoms with Crippen molar-refractivity contribution in [3.63, 3.8) is 0 Å². The average Bonchev–Trinajstić information content (AvgIpc) is 2.13. The van der Waals surface area contributed by atoms with Gasteiger partial charge < -0.3 is 5.11 Å². The van der Waals surface area contributed by atoms with E-state index >= 15 is 0 Å². The van der Waals surface area contributed by atoms with Gasteiger partial charge in [0.15, 0.2) is 0 Å². The molecular formula is C6H11NO3. The van der Waals surface area contributed by atoms with Crippen LogP contribution >= 0.6 is 0 Å². The van der Waals surface area contributed by atoms with E-state index < -0.39 is 0 Å². The van der Waals surface area contributed by atoms with Crippen LogP contribution in [0.2, 0.25) is 0 Å². The molecule has 0 saturated heterocycles. The molecule has 0 aliphatic heterocycles. The van der Waals surface area contributed by atoms with Crippen molar-refractivity contribution in [2.45, 2.75) is 25.4 Å². The van der Waals surface area contributed by atoms with E-state index in [9.17, 15) is 10.1 Å². The molecule has 0 aromatic rings. The maximum Gasteiger partial charge on any atom is 0.206 e. The quantitative estimate of drug-likeness (QED) is 0.452. The van der Waals surface area contributed by atoms with Crippen LogP contribution in [0.25, 0.3) is 0 Å². The molecule has 1 rings (SSSR count). The molecule has 0 bridgehead atoms. The molecule has 1 aliphatic carbocycles. The highest BCUT2D eigenvalue weighted by Gasteiger charge is 2.26. The normalized spacial score (nSPS) is 32.5. The van der Waals surface area contributed by atoms with E-state index in [0.29, 0.717) is 6.42 Å². The molecule has 4 heteroatoms. The van der Waals surface area contributed by atoms with Crippen LogP contribution in [0.15, 0.2) is 0 Å². The zero-order valence-electron chi connectivity index (χ0n) is 5.69. The highest BCUT2D eigenvalue weighted by atomic mass is 16.6. The number of hydrogen-bond acceptors (Lipinski definition) is 3. The Hall–Kier alpha value is -0.640. The molecular weight excluding hydrogens is 134 g/mol. The van der Waals surface area contributed by atoms with Gasteiger partial charge in [-0.3, -0.25) is 10.1 Å². The molecule has 10 heavy (non-hydrogen) atoms. The molecule has 0 aromatic carbocycles. The third kappa shape index (κ3) is 1.95. The Balaban J connectivity index is 2.24. The molecule has 2 unspecified atom stereocenters. The highest BCUT2D eigenvalue weighted by Crippen LogP contribution is 2.24. The third-order valence-electron chi connectivity index (χ3n) is 1.92. The van der Waals surface area contributed by atoms with Gasteiger partial charge in [-0.05, 0) is 19.3 Å². The van der Waals surface area contributed by atoms with E-state index in [0.717, 1.165) is 12.8 Å². The fraction of sp³-hybridized carbons (Fsp3) is 1.00. The van der Waals surface area contributed by atoms with E-state index in [4.69, 9.17) is 5.11 Å². The zero-order chi connectivity index (χ0) is 7.56. The Morgan fingerprint density at radius 1 is 1.60 bits per heavy atom. The molecule has 0 heterocycles. The summed E-state index contributed by atoms with van der Waals surface area (Å²) in [7, 11) is 0. The van der Waals surface area contributed by atoms with E-state index in [1.54, 1.807) is 0 Å². The Morgan fingerprint density at radius 3 is 2.70 bits per heavy atom. The van der Waals surface area contributed by atoms with Gasteiger partial charge in [0.2, 0.25) is 6.54 Å². The van der Waals surface area contributed by atoms with Gasteiger partial charge in [-0.1, -0.05) is 0 Å². The number of hydrogen-bond donors (Lipinski definition) is 1. The molecule has 4 nitrogen and oxygen atoms in total. The molecule has 1 fully saturated rings. The summed E-state index contributed by atoms with van der Waals surface area (Å²) in [4.78, 5) is 9.68. The second-order valence-electron chi connectivity index (χ2n) is 2.85. The van der Waals surface area contributed by atoms with Crippen LogP contribution in [0.1, 0.15) is 19.3 Å². The number of aliphatic hydroxyl groups excluding tert-OH is 1. The van der Waals surface area contributed by atoms with Crippen LogP contribution < -0.4 is 0 Å². The van der Waals surface area contributed by atoms with E-state index in [1.807, 2.05) is 0 Å². The summed E-state index contributed by atoms with van der Waals surface area (Å²) in [6.07, 6.45) is 1.87. The lowest BCUT2D eigenvalue weighted by Crippen LogP contribution is -2.11. The molecule has 0 radical (unpaired) electrons. The fourth-order valence-electron chi connectivity index (χ4n) is 1.43. The average molecular weight is 145 g/mol. The molecule has 1 aliphatic rings. The maximum absolute atomic E-state index is 9.99. The first-order valence-corrected chi connectivity index (χ1v) is 3.48. The second kappa shape index (κ2) is 2.96. The first kappa shape index (κ1) is 7.47. The van der Waals surface area contributed by atoms with Gasteiger partial charge in [-0.15, -0.1) is 0 Å². The standard InChI is InChI=1S/C6H11NO3/c8-6-2-1-5(3-6)4-7(9)10/h5-6,8H,1-4H2. The number of aliphatic hydroxyl groups is 1. The molecule has 58 valence electrons. The van der Waals surface area contributed by atoms with Crippen molar-refractivity contribution in [2.75, 3.05) is 6.54 Å².